The number of rotatable bonds is 7. The second-order valence-corrected chi connectivity index (χ2v) is 7.82. The molecule has 2 aromatic rings. The molecule has 3 rings (SSSR count). The number of ether oxygens (including phenoxy) is 1. The Bertz CT molecular complexity index is 992. The van der Waals surface area contributed by atoms with Crippen molar-refractivity contribution in [2.75, 3.05) is 13.2 Å². The number of nitro groups is 1. The van der Waals surface area contributed by atoms with Crippen molar-refractivity contribution in [3.8, 4) is 11.5 Å². The maximum atomic E-state index is 12.8. The van der Waals surface area contributed by atoms with E-state index in [1.807, 2.05) is 30.3 Å². The van der Waals surface area contributed by atoms with Gasteiger partial charge in [0.2, 0.25) is 5.75 Å². The molecule has 29 heavy (non-hydrogen) atoms. The van der Waals surface area contributed by atoms with Gasteiger partial charge in [-0.2, -0.15) is 0 Å². The van der Waals surface area contributed by atoms with E-state index in [2.05, 4.69) is 0 Å². The van der Waals surface area contributed by atoms with Crippen molar-refractivity contribution in [2.45, 2.75) is 13.3 Å². The van der Waals surface area contributed by atoms with Gasteiger partial charge in [-0.3, -0.25) is 19.8 Å². The third-order valence-corrected chi connectivity index (χ3v) is 5.59. The quantitative estimate of drug-likeness (QED) is 0.305. The molecule has 0 unspecified atom stereocenters. The first-order valence-electron chi connectivity index (χ1n) is 8.84. The van der Waals surface area contributed by atoms with E-state index < -0.39 is 16.4 Å². The standard InChI is InChI=1S/C20H18N2O5S2/c1-2-27-16-11-14(10-15(18(16)23)22(25)26)12-17-19(24)21(20(28)29-17)9-8-13-6-4-3-5-7-13/h3-7,10-12,23H,2,8-9H2,1H3. The molecule has 0 saturated carbocycles. The normalized spacial score (nSPS) is 15.2. The average molecular weight is 431 g/mol. The molecule has 1 heterocycles. The van der Waals surface area contributed by atoms with Gasteiger partial charge in [-0.25, -0.2) is 0 Å². The van der Waals surface area contributed by atoms with Crippen LogP contribution < -0.4 is 4.74 Å². The largest absolute Gasteiger partial charge is 0.500 e. The molecule has 1 fully saturated rings. The maximum Gasteiger partial charge on any atom is 0.315 e. The fraction of sp³-hybridized carbons (Fsp3) is 0.200. The van der Waals surface area contributed by atoms with Gasteiger partial charge in [-0.1, -0.05) is 54.3 Å². The summed E-state index contributed by atoms with van der Waals surface area (Å²) in [4.78, 5) is 25.2. The minimum Gasteiger partial charge on any atom is -0.500 e. The van der Waals surface area contributed by atoms with E-state index in [-0.39, 0.29) is 18.3 Å². The van der Waals surface area contributed by atoms with Crippen molar-refractivity contribution in [3.63, 3.8) is 0 Å². The highest BCUT2D eigenvalue weighted by Gasteiger charge is 2.32. The van der Waals surface area contributed by atoms with Crippen molar-refractivity contribution < 1.29 is 19.6 Å². The predicted octanol–water partition coefficient (Wildman–Crippen LogP) is 4.14. The van der Waals surface area contributed by atoms with Crippen LogP contribution in [-0.2, 0) is 11.2 Å². The smallest absolute Gasteiger partial charge is 0.315 e. The molecule has 150 valence electrons. The van der Waals surface area contributed by atoms with Crippen LogP contribution in [0.4, 0.5) is 5.69 Å². The third-order valence-electron chi connectivity index (χ3n) is 4.21. The van der Waals surface area contributed by atoms with Gasteiger partial charge >= 0.3 is 5.69 Å². The second kappa shape index (κ2) is 9.06. The van der Waals surface area contributed by atoms with Gasteiger partial charge in [0.05, 0.1) is 16.4 Å². The zero-order valence-electron chi connectivity index (χ0n) is 15.5. The Labute approximate surface area is 177 Å². The molecule has 1 N–H and O–H groups in total. The van der Waals surface area contributed by atoms with Crippen molar-refractivity contribution in [2.24, 2.45) is 0 Å². The molecule has 0 bridgehead atoms. The van der Waals surface area contributed by atoms with Gasteiger partial charge in [0.15, 0.2) is 5.75 Å². The topological polar surface area (TPSA) is 92.9 Å². The van der Waals surface area contributed by atoms with Crippen molar-refractivity contribution in [1.82, 2.24) is 4.90 Å². The summed E-state index contributed by atoms with van der Waals surface area (Å²) in [6.45, 7) is 2.39. The van der Waals surface area contributed by atoms with Crippen LogP contribution in [0.1, 0.15) is 18.1 Å². The number of benzene rings is 2. The molecule has 0 radical (unpaired) electrons. The maximum absolute atomic E-state index is 12.8. The predicted molar refractivity (Wildman–Crippen MR) is 116 cm³/mol. The summed E-state index contributed by atoms with van der Waals surface area (Å²) in [5.41, 5.74) is 0.990. The van der Waals surface area contributed by atoms with Gasteiger partial charge in [0.25, 0.3) is 5.91 Å². The van der Waals surface area contributed by atoms with E-state index in [1.54, 1.807) is 6.92 Å². The van der Waals surface area contributed by atoms with E-state index in [1.165, 1.54) is 23.1 Å². The summed E-state index contributed by atoms with van der Waals surface area (Å²) >= 11 is 6.48. The summed E-state index contributed by atoms with van der Waals surface area (Å²) < 4.78 is 5.72. The summed E-state index contributed by atoms with van der Waals surface area (Å²) in [5, 5.41) is 21.2. The lowest BCUT2D eigenvalue weighted by Gasteiger charge is -2.14. The number of nitro benzene ring substituents is 1. The molecule has 1 amide bonds. The number of hydrogen-bond acceptors (Lipinski definition) is 7. The number of hydrogen-bond donors (Lipinski definition) is 1. The van der Waals surface area contributed by atoms with Crippen LogP contribution in [0.2, 0.25) is 0 Å². The number of nitrogens with zero attached hydrogens (tertiary/aromatic N) is 2. The molecular formula is C20H18N2O5S2. The SMILES string of the molecule is CCOc1cc(C=C2SC(=S)N(CCc3ccccc3)C2=O)cc([N+](=O)[O-])c1O. The van der Waals surface area contributed by atoms with Gasteiger partial charge in [-0.15, -0.1) is 0 Å². The molecule has 0 atom stereocenters. The van der Waals surface area contributed by atoms with Crippen LogP contribution in [0, 0.1) is 10.1 Å². The summed E-state index contributed by atoms with van der Waals surface area (Å²) in [7, 11) is 0. The minimum absolute atomic E-state index is 0.00694. The van der Waals surface area contributed by atoms with Gasteiger partial charge in [0, 0.05) is 12.6 Å². The Morgan fingerprint density at radius 1 is 1.31 bits per heavy atom. The Morgan fingerprint density at radius 2 is 2.03 bits per heavy atom. The van der Waals surface area contributed by atoms with E-state index >= 15 is 0 Å². The molecule has 7 nitrogen and oxygen atoms in total. The van der Waals surface area contributed by atoms with Crippen LogP contribution in [-0.4, -0.2) is 38.3 Å². The monoisotopic (exact) mass is 430 g/mol. The fourth-order valence-corrected chi connectivity index (χ4v) is 4.14. The molecule has 2 aromatic carbocycles. The second-order valence-electron chi connectivity index (χ2n) is 6.15. The molecule has 0 aliphatic carbocycles. The molecule has 0 aromatic heterocycles. The molecule has 9 heteroatoms. The first kappa shape index (κ1) is 20.8. The van der Waals surface area contributed by atoms with Crippen molar-refractivity contribution in [1.29, 1.82) is 0 Å². The van der Waals surface area contributed by atoms with E-state index in [9.17, 15) is 20.0 Å². The lowest BCUT2D eigenvalue weighted by molar-refractivity contribution is -0.386. The van der Waals surface area contributed by atoms with E-state index in [0.29, 0.717) is 27.8 Å². The zero-order chi connectivity index (χ0) is 21.0. The summed E-state index contributed by atoms with van der Waals surface area (Å²) in [6, 6.07) is 12.4. The van der Waals surface area contributed by atoms with E-state index in [4.69, 9.17) is 17.0 Å². The Morgan fingerprint density at radius 3 is 2.69 bits per heavy atom. The van der Waals surface area contributed by atoms with Gasteiger partial charge in [-0.05, 0) is 36.6 Å². The van der Waals surface area contributed by atoms with Gasteiger partial charge in [0.1, 0.15) is 4.32 Å². The number of amides is 1. The molecule has 1 saturated heterocycles. The highest BCUT2D eigenvalue weighted by Crippen LogP contribution is 2.39. The Hall–Kier alpha value is -2.91. The number of phenols is 1. The molecule has 1 aliphatic rings. The highest BCUT2D eigenvalue weighted by atomic mass is 32.2. The van der Waals surface area contributed by atoms with E-state index in [0.717, 1.165) is 17.3 Å². The fourth-order valence-electron chi connectivity index (χ4n) is 2.83. The zero-order valence-corrected chi connectivity index (χ0v) is 17.2. The van der Waals surface area contributed by atoms with Crippen molar-refractivity contribution in [3.05, 3.63) is 68.6 Å². The first-order chi connectivity index (χ1) is 13.9. The lowest BCUT2D eigenvalue weighted by atomic mass is 10.1. The number of aromatic hydroxyl groups is 1. The van der Waals surface area contributed by atoms with Gasteiger partial charge < -0.3 is 9.84 Å². The van der Waals surface area contributed by atoms with Crippen LogP contribution in [0.5, 0.6) is 11.5 Å². The summed E-state index contributed by atoms with van der Waals surface area (Å²) in [6.07, 6.45) is 2.19. The highest BCUT2D eigenvalue weighted by molar-refractivity contribution is 8.26. The third kappa shape index (κ3) is 4.75. The first-order valence-corrected chi connectivity index (χ1v) is 10.1. The summed E-state index contributed by atoms with van der Waals surface area (Å²) in [5.74, 6) is -0.790. The van der Waals surface area contributed by atoms with Crippen LogP contribution in [0.3, 0.4) is 0 Å². The average Bonchev–Trinajstić information content (AvgIpc) is 2.96. The number of thioether (sulfide) groups is 1. The Balaban J connectivity index is 1.84. The van der Waals surface area contributed by atoms with Crippen LogP contribution in [0.25, 0.3) is 6.08 Å². The number of thiocarbonyl (C=S) groups is 1. The number of phenolic OH excluding ortho intramolecular Hbond substituents is 1. The van der Waals surface area contributed by atoms with Crippen LogP contribution >= 0.6 is 24.0 Å². The number of carbonyl (C=O) groups is 1. The van der Waals surface area contributed by atoms with Crippen LogP contribution in [0.15, 0.2) is 47.4 Å². The van der Waals surface area contributed by atoms with Crippen molar-refractivity contribution >= 4 is 46.0 Å². The lowest BCUT2D eigenvalue weighted by Crippen LogP contribution is -2.30. The minimum atomic E-state index is -0.694. The molecule has 1 aliphatic heterocycles. The Kier molecular flexibility index (Phi) is 6.50. The molecule has 0 spiro atoms. The molecular weight excluding hydrogens is 412 g/mol. The number of carbonyl (C=O) groups excluding carboxylic acids is 1.